The number of fused-ring (bicyclic) bond motifs is 1. The largest absolute Gasteiger partial charge is 0.493 e. The number of hydrogen-bond acceptors (Lipinski definition) is 3. The third-order valence-electron chi connectivity index (χ3n) is 2.33. The lowest BCUT2D eigenvalue weighted by molar-refractivity contribution is 0.384. The Morgan fingerprint density at radius 1 is 1.50 bits per heavy atom. The van der Waals surface area contributed by atoms with E-state index in [2.05, 4.69) is 0 Å². The summed E-state index contributed by atoms with van der Waals surface area (Å²) in [4.78, 5) is 0. The van der Waals surface area contributed by atoms with E-state index < -0.39 is 0 Å². The van der Waals surface area contributed by atoms with Crippen LogP contribution in [0.5, 0.6) is 5.75 Å². The first-order valence-electron chi connectivity index (χ1n) is 4.70. The van der Waals surface area contributed by atoms with Crippen molar-refractivity contribution in [1.82, 2.24) is 0 Å². The topological polar surface area (TPSA) is 35.2 Å². The molecule has 1 heterocycles. The van der Waals surface area contributed by atoms with E-state index >= 15 is 0 Å². The Morgan fingerprint density at radius 2 is 2.25 bits per heavy atom. The lowest BCUT2D eigenvalue weighted by Gasteiger charge is -2.09. The predicted octanol–water partition coefficient (Wildman–Crippen LogP) is 2.97. The minimum atomic E-state index is -0.270. The molecule has 16 heavy (non-hydrogen) atoms. The quantitative estimate of drug-likeness (QED) is 0.922. The number of benzene rings is 1. The number of methoxy groups -OCH3 is 1. The van der Waals surface area contributed by atoms with Gasteiger partial charge in [-0.05, 0) is 41.4 Å². The van der Waals surface area contributed by atoms with Gasteiger partial charge in [0.15, 0.2) is 11.6 Å². The van der Waals surface area contributed by atoms with Crippen molar-refractivity contribution in [3.05, 3.63) is 28.9 Å². The number of rotatable bonds is 3. The van der Waals surface area contributed by atoms with Crippen LogP contribution in [-0.2, 0) is 6.42 Å². The molecule has 0 fully saturated rings. The number of nitrogens with two attached hydrogens (primary N) is 1. The van der Waals surface area contributed by atoms with Crippen LogP contribution in [0, 0.1) is 5.82 Å². The molecule has 0 radical (unpaired) electrons. The van der Waals surface area contributed by atoms with Crippen molar-refractivity contribution in [1.29, 1.82) is 0 Å². The van der Waals surface area contributed by atoms with Gasteiger partial charge in [0.2, 0.25) is 0 Å². The molecular formula is C11H13ClFNOS. The first-order chi connectivity index (χ1) is 7.27. The van der Waals surface area contributed by atoms with Crippen LogP contribution in [0.3, 0.4) is 0 Å². The molecule has 0 unspecified atom stereocenters. The van der Waals surface area contributed by atoms with E-state index in [9.17, 15) is 4.39 Å². The van der Waals surface area contributed by atoms with Gasteiger partial charge in [-0.3, -0.25) is 0 Å². The molecule has 1 aromatic heterocycles. The molecule has 0 aliphatic carbocycles. The Balaban J connectivity index is 0.00000128. The molecule has 1 aromatic carbocycles. The number of hydrogen-bond donors (Lipinski definition) is 1. The Hall–Kier alpha value is -0.840. The molecule has 0 saturated carbocycles. The maximum absolute atomic E-state index is 13.9. The van der Waals surface area contributed by atoms with E-state index in [4.69, 9.17) is 10.5 Å². The normalized spacial score (nSPS) is 10.2. The maximum atomic E-state index is 13.9. The summed E-state index contributed by atoms with van der Waals surface area (Å²) < 4.78 is 19.7. The van der Waals surface area contributed by atoms with Gasteiger partial charge >= 0.3 is 0 Å². The number of halogens is 2. The fourth-order valence-electron chi connectivity index (χ4n) is 1.67. The third kappa shape index (κ3) is 2.14. The van der Waals surface area contributed by atoms with Crippen LogP contribution in [0.15, 0.2) is 17.5 Å². The Morgan fingerprint density at radius 3 is 2.88 bits per heavy atom. The van der Waals surface area contributed by atoms with Crippen molar-refractivity contribution in [2.75, 3.05) is 13.7 Å². The fourth-order valence-corrected chi connectivity index (χ4v) is 2.48. The van der Waals surface area contributed by atoms with Crippen molar-refractivity contribution in [2.45, 2.75) is 6.42 Å². The first kappa shape index (κ1) is 13.2. The van der Waals surface area contributed by atoms with Gasteiger partial charge in [-0.2, -0.15) is 0 Å². The summed E-state index contributed by atoms with van der Waals surface area (Å²) in [6.45, 7) is 0.492. The molecule has 2 nitrogen and oxygen atoms in total. The van der Waals surface area contributed by atoms with Gasteiger partial charge in [0.1, 0.15) is 0 Å². The first-order valence-corrected chi connectivity index (χ1v) is 5.58. The van der Waals surface area contributed by atoms with E-state index in [1.165, 1.54) is 18.4 Å². The van der Waals surface area contributed by atoms with Crippen molar-refractivity contribution < 1.29 is 9.13 Å². The fraction of sp³-hybridized carbons (Fsp3) is 0.273. The van der Waals surface area contributed by atoms with Gasteiger partial charge in [0, 0.05) is 0 Å². The smallest absolute Gasteiger partial charge is 0.183 e. The average Bonchev–Trinajstić information content (AvgIpc) is 2.67. The van der Waals surface area contributed by atoms with Gasteiger partial charge < -0.3 is 10.5 Å². The molecule has 0 aliphatic rings. The molecule has 0 atom stereocenters. The van der Waals surface area contributed by atoms with Gasteiger partial charge in [-0.25, -0.2) is 4.39 Å². The highest BCUT2D eigenvalue weighted by atomic mass is 35.5. The maximum Gasteiger partial charge on any atom is 0.183 e. The molecule has 0 saturated heterocycles. The Kier molecular flexibility index (Phi) is 4.53. The molecule has 2 aromatic rings. The molecule has 2 N–H and O–H groups in total. The van der Waals surface area contributed by atoms with Crippen LogP contribution in [0.2, 0.25) is 0 Å². The third-order valence-corrected chi connectivity index (χ3v) is 3.26. The standard InChI is InChI=1S/C11H12FNOS.ClH/c1-14-10-7(2-4-13)6-8-3-5-15-11(8)9(10)12;/h3,5-6H,2,4,13H2,1H3;1H. The molecule has 2 rings (SSSR count). The minimum Gasteiger partial charge on any atom is -0.493 e. The Bertz CT molecular complexity index is 486. The van der Waals surface area contributed by atoms with Gasteiger partial charge in [0.05, 0.1) is 11.8 Å². The van der Waals surface area contributed by atoms with Crippen LogP contribution in [0.4, 0.5) is 4.39 Å². The summed E-state index contributed by atoms with van der Waals surface area (Å²) in [6, 6.07) is 3.85. The molecule has 5 heteroatoms. The lowest BCUT2D eigenvalue weighted by Crippen LogP contribution is -2.05. The van der Waals surface area contributed by atoms with Crippen molar-refractivity contribution in [3.8, 4) is 5.75 Å². The highest BCUT2D eigenvalue weighted by molar-refractivity contribution is 7.17. The minimum absolute atomic E-state index is 0. The van der Waals surface area contributed by atoms with Crippen LogP contribution in [0.1, 0.15) is 5.56 Å². The summed E-state index contributed by atoms with van der Waals surface area (Å²) in [5.41, 5.74) is 6.31. The zero-order valence-corrected chi connectivity index (χ0v) is 10.5. The van der Waals surface area contributed by atoms with E-state index in [0.717, 1.165) is 10.9 Å². The molecular weight excluding hydrogens is 249 g/mol. The summed E-state index contributed by atoms with van der Waals surface area (Å²) in [5, 5.41) is 2.79. The zero-order chi connectivity index (χ0) is 10.8. The van der Waals surface area contributed by atoms with Gasteiger partial charge in [-0.1, -0.05) is 0 Å². The van der Waals surface area contributed by atoms with E-state index in [-0.39, 0.29) is 18.2 Å². The average molecular weight is 262 g/mol. The van der Waals surface area contributed by atoms with E-state index in [1.807, 2.05) is 17.5 Å². The second kappa shape index (κ2) is 5.48. The van der Waals surface area contributed by atoms with Crippen molar-refractivity contribution >= 4 is 33.8 Å². The SMILES string of the molecule is COc1c(CCN)cc2ccsc2c1F.Cl. The second-order valence-electron chi connectivity index (χ2n) is 3.26. The van der Waals surface area contributed by atoms with E-state index in [1.54, 1.807) is 0 Å². The van der Waals surface area contributed by atoms with Crippen molar-refractivity contribution in [2.24, 2.45) is 5.73 Å². The van der Waals surface area contributed by atoms with Crippen LogP contribution >= 0.6 is 23.7 Å². The van der Waals surface area contributed by atoms with Gasteiger partial charge in [0.25, 0.3) is 0 Å². The lowest BCUT2D eigenvalue weighted by atomic mass is 10.1. The highest BCUT2D eigenvalue weighted by Crippen LogP contribution is 2.33. The molecule has 0 aliphatic heterocycles. The van der Waals surface area contributed by atoms with Crippen LogP contribution in [-0.4, -0.2) is 13.7 Å². The number of ether oxygens (including phenoxy) is 1. The van der Waals surface area contributed by atoms with Crippen LogP contribution < -0.4 is 10.5 Å². The monoisotopic (exact) mass is 261 g/mol. The molecule has 88 valence electrons. The number of thiophene rings is 1. The highest BCUT2D eigenvalue weighted by Gasteiger charge is 2.14. The van der Waals surface area contributed by atoms with E-state index in [0.29, 0.717) is 23.4 Å². The zero-order valence-electron chi connectivity index (χ0n) is 8.83. The van der Waals surface area contributed by atoms with Crippen LogP contribution in [0.25, 0.3) is 10.1 Å². The molecule has 0 spiro atoms. The molecule has 0 amide bonds. The summed E-state index contributed by atoms with van der Waals surface area (Å²) in [7, 11) is 1.48. The summed E-state index contributed by atoms with van der Waals surface area (Å²) in [5.74, 6) is 0.0591. The summed E-state index contributed by atoms with van der Waals surface area (Å²) >= 11 is 1.38. The molecule has 0 bridgehead atoms. The van der Waals surface area contributed by atoms with Crippen molar-refractivity contribution in [3.63, 3.8) is 0 Å². The Labute approximate surface area is 104 Å². The predicted molar refractivity (Wildman–Crippen MR) is 68.3 cm³/mol. The van der Waals surface area contributed by atoms with Gasteiger partial charge in [-0.15, -0.1) is 23.7 Å². The summed E-state index contributed by atoms with van der Waals surface area (Å²) in [6.07, 6.45) is 0.631. The second-order valence-corrected chi connectivity index (χ2v) is 4.18.